The highest BCUT2D eigenvalue weighted by molar-refractivity contribution is 7.99. The number of esters is 1. The van der Waals surface area contributed by atoms with Crippen molar-refractivity contribution in [2.75, 3.05) is 18.2 Å². The fraction of sp³-hybridized carbons (Fsp3) is 0.200. The summed E-state index contributed by atoms with van der Waals surface area (Å²) in [7, 11) is 3.10. The van der Waals surface area contributed by atoms with Gasteiger partial charge in [-0.15, -0.1) is 21.5 Å². The maximum atomic E-state index is 12.1. The molecule has 0 saturated carbocycles. The molecule has 1 amide bonds. The quantitative estimate of drug-likeness (QED) is 0.520. The molecule has 0 atom stereocenters. The molecule has 3 rings (SSSR count). The Morgan fingerprint density at radius 2 is 2.24 bits per heavy atom. The fourth-order valence-electron chi connectivity index (χ4n) is 2.03. The van der Waals surface area contributed by atoms with Gasteiger partial charge in [0.1, 0.15) is 5.00 Å². The predicted octanol–water partition coefficient (Wildman–Crippen LogP) is 2.65. The highest BCUT2D eigenvalue weighted by Crippen LogP contribution is 2.26. The first-order valence-corrected chi connectivity index (χ1v) is 8.98. The molecular formula is C15H14N4O4S2. The van der Waals surface area contributed by atoms with Crippen LogP contribution < -0.4 is 5.32 Å². The SMILES string of the molecule is COC(=O)c1ccsc1NC(=O)CSc1nnc(-c2ccco2)n1C. The summed E-state index contributed by atoms with van der Waals surface area (Å²) in [5.41, 5.74) is 0.338. The van der Waals surface area contributed by atoms with Crippen LogP contribution in [0.1, 0.15) is 10.4 Å². The third-order valence-electron chi connectivity index (χ3n) is 3.23. The molecule has 0 aliphatic rings. The van der Waals surface area contributed by atoms with Gasteiger partial charge in [0.2, 0.25) is 5.91 Å². The minimum Gasteiger partial charge on any atom is -0.465 e. The largest absolute Gasteiger partial charge is 0.465 e. The zero-order chi connectivity index (χ0) is 17.8. The Balaban J connectivity index is 1.62. The van der Waals surface area contributed by atoms with Crippen LogP contribution >= 0.6 is 23.1 Å². The average Bonchev–Trinajstić information content (AvgIpc) is 3.33. The van der Waals surface area contributed by atoms with Gasteiger partial charge >= 0.3 is 5.97 Å². The number of thioether (sulfide) groups is 1. The third kappa shape index (κ3) is 3.74. The number of carbonyl (C=O) groups is 2. The van der Waals surface area contributed by atoms with E-state index in [0.717, 1.165) is 0 Å². The summed E-state index contributed by atoms with van der Waals surface area (Å²) in [6.45, 7) is 0. The van der Waals surface area contributed by atoms with E-state index < -0.39 is 5.97 Å². The summed E-state index contributed by atoms with van der Waals surface area (Å²) in [5, 5.41) is 13.6. The Morgan fingerprint density at radius 1 is 1.40 bits per heavy atom. The Morgan fingerprint density at radius 3 is 2.96 bits per heavy atom. The molecule has 0 aliphatic carbocycles. The highest BCUT2D eigenvalue weighted by atomic mass is 32.2. The van der Waals surface area contributed by atoms with Crippen molar-refractivity contribution in [2.24, 2.45) is 7.05 Å². The van der Waals surface area contributed by atoms with Gasteiger partial charge in [-0.2, -0.15) is 0 Å². The summed E-state index contributed by atoms with van der Waals surface area (Å²) in [6, 6.07) is 5.16. The van der Waals surface area contributed by atoms with Gasteiger partial charge in [0, 0.05) is 7.05 Å². The Bertz CT molecular complexity index is 885. The number of amides is 1. The summed E-state index contributed by atoms with van der Waals surface area (Å²) in [5.74, 6) is 0.579. The van der Waals surface area contributed by atoms with E-state index in [2.05, 4.69) is 20.3 Å². The van der Waals surface area contributed by atoms with Crippen molar-refractivity contribution < 1.29 is 18.7 Å². The number of thiophene rings is 1. The molecule has 8 nitrogen and oxygen atoms in total. The van der Waals surface area contributed by atoms with Crippen molar-refractivity contribution >= 4 is 40.0 Å². The van der Waals surface area contributed by atoms with Crippen LogP contribution in [-0.2, 0) is 16.6 Å². The zero-order valence-electron chi connectivity index (χ0n) is 13.4. The lowest BCUT2D eigenvalue weighted by atomic mass is 10.3. The molecule has 3 aromatic heterocycles. The smallest absolute Gasteiger partial charge is 0.340 e. The number of anilines is 1. The number of hydrogen-bond acceptors (Lipinski definition) is 8. The van der Waals surface area contributed by atoms with Crippen LogP contribution in [-0.4, -0.2) is 39.5 Å². The van der Waals surface area contributed by atoms with Gasteiger partial charge in [-0.05, 0) is 23.6 Å². The molecule has 0 saturated heterocycles. The number of nitrogens with one attached hydrogen (secondary N) is 1. The first-order chi connectivity index (χ1) is 12.1. The van der Waals surface area contributed by atoms with Gasteiger partial charge in [0.15, 0.2) is 16.7 Å². The van der Waals surface area contributed by atoms with Crippen molar-refractivity contribution in [3.63, 3.8) is 0 Å². The van der Waals surface area contributed by atoms with Crippen molar-refractivity contribution in [1.82, 2.24) is 14.8 Å². The summed E-state index contributed by atoms with van der Waals surface area (Å²) in [4.78, 5) is 23.8. The van der Waals surface area contributed by atoms with E-state index in [0.29, 0.717) is 27.3 Å². The van der Waals surface area contributed by atoms with Crippen LogP contribution in [0.2, 0.25) is 0 Å². The van der Waals surface area contributed by atoms with Gasteiger partial charge in [-0.25, -0.2) is 4.79 Å². The number of carbonyl (C=O) groups excluding carboxylic acids is 2. The molecule has 25 heavy (non-hydrogen) atoms. The Labute approximate surface area is 151 Å². The number of methoxy groups -OCH3 is 1. The zero-order valence-corrected chi connectivity index (χ0v) is 15.0. The summed E-state index contributed by atoms with van der Waals surface area (Å²) < 4.78 is 11.7. The van der Waals surface area contributed by atoms with Gasteiger partial charge in [-0.3, -0.25) is 4.79 Å². The summed E-state index contributed by atoms with van der Waals surface area (Å²) in [6.07, 6.45) is 1.56. The first kappa shape index (κ1) is 17.2. The minimum absolute atomic E-state index is 0.128. The van der Waals surface area contributed by atoms with Gasteiger partial charge < -0.3 is 19.0 Å². The molecule has 0 spiro atoms. The lowest BCUT2D eigenvalue weighted by molar-refractivity contribution is -0.113. The lowest BCUT2D eigenvalue weighted by Crippen LogP contribution is -2.16. The molecule has 0 aliphatic heterocycles. The van der Waals surface area contributed by atoms with E-state index in [9.17, 15) is 9.59 Å². The molecule has 130 valence electrons. The van der Waals surface area contributed by atoms with E-state index in [1.807, 2.05) is 0 Å². The molecule has 1 N–H and O–H groups in total. The molecule has 10 heteroatoms. The Kier molecular flexibility index (Phi) is 5.19. The maximum absolute atomic E-state index is 12.1. The fourth-order valence-corrected chi connectivity index (χ4v) is 3.53. The third-order valence-corrected chi connectivity index (χ3v) is 5.08. The van der Waals surface area contributed by atoms with E-state index in [1.54, 1.807) is 41.5 Å². The van der Waals surface area contributed by atoms with Crippen LogP contribution in [0.4, 0.5) is 5.00 Å². The van der Waals surface area contributed by atoms with Crippen LogP contribution in [0.15, 0.2) is 39.4 Å². The second kappa shape index (κ2) is 7.53. The van der Waals surface area contributed by atoms with Gasteiger partial charge in [0.25, 0.3) is 0 Å². The van der Waals surface area contributed by atoms with Gasteiger partial charge in [0.05, 0.1) is 24.7 Å². The van der Waals surface area contributed by atoms with E-state index >= 15 is 0 Å². The molecule has 3 aromatic rings. The normalized spacial score (nSPS) is 10.6. The topological polar surface area (TPSA) is 99.2 Å². The lowest BCUT2D eigenvalue weighted by Gasteiger charge is -2.05. The predicted molar refractivity (Wildman–Crippen MR) is 93.7 cm³/mol. The number of hydrogen-bond donors (Lipinski definition) is 1. The Hall–Kier alpha value is -2.59. The van der Waals surface area contributed by atoms with Crippen LogP contribution in [0, 0.1) is 0 Å². The number of furan rings is 1. The minimum atomic E-state index is -0.486. The van der Waals surface area contributed by atoms with E-state index in [-0.39, 0.29) is 11.7 Å². The monoisotopic (exact) mass is 378 g/mol. The van der Waals surface area contributed by atoms with Crippen molar-refractivity contribution in [3.8, 4) is 11.6 Å². The molecular weight excluding hydrogens is 364 g/mol. The maximum Gasteiger partial charge on any atom is 0.340 e. The summed E-state index contributed by atoms with van der Waals surface area (Å²) >= 11 is 2.50. The molecule has 0 fully saturated rings. The molecule has 3 heterocycles. The standard InChI is InChI=1S/C15H14N4O4S2/c1-19-12(10-4-3-6-23-10)17-18-15(19)25-8-11(20)16-13-9(5-7-24-13)14(21)22-2/h3-7H,8H2,1-2H3,(H,16,20). The van der Waals surface area contributed by atoms with Crippen LogP contribution in [0.3, 0.4) is 0 Å². The number of rotatable bonds is 6. The number of aromatic nitrogens is 3. The van der Waals surface area contributed by atoms with Crippen LogP contribution in [0.5, 0.6) is 0 Å². The second-order valence-electron chi connectivity index (χ2n) is 4.83. The van der Waals surface area contributed by atoms with Crippen molar-refractivity contribution in [1.29, 1.82) is 0 Å². The van der Waals surface area contributed by atoms with Crippen LogP contribution in [0.25, 0.3) is 11.6 Å². The highest BCUT2D eigenvalue weighted by Gasteiger charge is 2.17. The number of ether oxygens (including phenoxy) is 1. The average molecular weight is 378 g/mol. The van der Waals surface area contributed by atoms with E-state index in [4.69, 9.17) is 4.42 Å². The first-order valence-electron chi connectivity index (χ1n) is 7.12. The van der Waals surface area contributed by atoms with Crippen molar-refractivity contribution in [3.05, 3.63) is 35.4 Å². The molecule has 0 aromatic carbocycles. The van der Waals surface area contributed by atoms with Crippen molar-refractivity contribution in [2.45, 2.75) is 5.16 Å². The van der Waals surface area contributed by atoms with Gasteiger partial charge in [-0.1, -0.05) is 11.8 Å². The second-order valence-corrected chi connectivity index (χ2v) is 6.69. The molecule has 0 bridgehead atoms. The molecule has 0 radical (unpaired) electrons. The molecule has 0 unspecified atom stereocenters. The van der Waals surface area contributed by atoms with E-state index in [1.165, 1.54) is 30.2 Å². The number of nitrogens with zero attached hydrogens (tertiary/aromatic N) is 3.